The van der Waals surface area contributed by atoms with E-state index in [1.165, 1.54) is 0 Å². The highest BCUT2D eigenvalue weighted by atomic mass is 35.5. The molecule has 0 heterocycles. The van der Waals surface area contributed by atoms with Crippen LogP contribution < -0.4 is 15.4 Å². The molecule has 0 radical (unpaired) electrons. The number of carbonyl (C=O) groups is 1. The van der Waals surface area contributed by atoms with Crippen LogP contribution in [0.1, 0.15) is 26.3 Å². The van der Waals surface area contributed by atoms with E-state index in [1.807, 2.05) is 12.1 Å². The Morgan fingerprint density at radius 2 is 2.14 bits per heavy atom. The summed E-state index contributed by atoms with van der Waals surface area (Å²) in [6.45, 7) is 10.9. The minimum atomic E-state index is -0.204. The van der Waals surface area contributed by atoms with Crippen molar-refractivity contribution in [2.75, 3.05) is 13.2 Å². The van der Waals surface area contributed by atoms with Crippen molar-refractivity contribution in [3.8, 4) is 5.75 Å². The van der Waals surface area contributed by atoms with Gasteiger partial charge in [0.05, 0.1) is 5.02 Å². The fourth-order valence-electron chi connectivity index (χ4n) is 1.52. The number of hydrogen-bond acceptors (Lipinski definition) is 3. The number of ether oxygens (including phenoxy) is 1. The molecule has 1 aromatic rings. The van der Waals surface area contributed by atoms with Gasteiger partial charge in [0.15, 0.2) is 6.61 Å². The van der Waals surface area contributed by atoms with E-state index >= 15 is 0 Å². The molecular formula is C16H23ClN2O2. The number of hydrogen-bond donors (Lipinski definition) is 2. The van der Waals surface area contributed by atoms with Crippen molar-refractivity contribution in [3.05, 3.63) is 41.4 Å². The number of halogens is 1. The molecule has 4 nitrogen and oxygen atoms in total. The Morgan fingerprint density at radius 1 is 1.43 bits per heavy atom. The van der Waals surface area contributed by atoms with Gasteiger partial charge < -0.3 is 15.4 Å². The third-order valence-electron chi connectivity index (χ3n) is 2.62. The molecule has 0 spiro atoms. The molecule has 0 fully saturated rings. The van der Waals surface area contributed by atoms with Crippen LogP contribution in [0.25, 0.3) is 0 Å². The van der Waals surface area contributed by atoms with Gasteiger partial charge in [0.1, 0.15) is 5.75 Å². The highest BCUT2D eigenvalue weighted by Crippen LogP contribution is 2.25. The van der Waals surface area contributed by atoms with E-state index in [2.05, 4.69) is 38.0 Å². The van der Waals surface area contributed by atoms with Crippen molar-refractivity contribution in [1.29, 1.82) is 0 Å². The fourth-order valence-corrected chi connectivity index (χ4v) is 1.78. The number of benzene rings is 1. The first-order valence-electron chi connectivity index (χ1n) is 6.85. The molecule has 21 heavy (non-hydrogen) atoms. The van der Waals surface area contributed by atoms with Crippen LogP contribution in [-0.2, 0) is 11.3 Å². The van der Waals surface area contributed by atoms with Crippen LogP contribution in [0.5, 0.6) is 5.75 Å². The Morgan fingerprint density at radius 3 is 2.71 bits per heavy atom. The van der Waals surface area contributed by atoms with Gasteiger partial charge in [0.2, 0.25) is 0 Å². The Balaban J connectivity index is 2.54. The molecule has 0 unspecified atom stereocenters. The van der Waals surface area contributed by atoms with Crippen LogP contribution in [0, 0.1) is 0 Å². The summed E-state index contributed by atoms with van der Waals surface area (Å²) in [6, 6.07) is 5.56. The Kier molecular flexibility index (Phi) is 6.72. The number of rotatable bonds is 7. The van der Waals surface area contributed by atoms with Crippen LogP contribution in [-0.4, -0.2) is 24.6 Å². The van der Waals surface area contributed by atoms with Gasteiger partial charge in [-0.25, -0.2) is 0 Å². The van der Waals surface area contributed by atoms with Crippen LogP contribution in [0.4, 0.5) is 0 Å². The maximum atomic E-state index is 11.4. The zero-order valence-electron chi connectivity index (χ0n) is 12.8. The lowest BCUT2D eigenvalue weighted by molar-refractivity contribution is -0.122. The molecule has 0 atom stereocenters. The second-order valence-corrected chi connectivity index (χ2v) is 6.16. The minimum Gasteiger partial charge on any atom is -0.482 e. The first-order valence-corrected chi connectivity index (χ1v) is 7.23. The predicted molar refractivity (Wildman–Crippen MR) is 86.7 cm³/mol. The third kappa shape index (κ3) is 7.16. The topological polar surface area (TPSA) is 50.4 Å². The summed E-state index contributed by atoms with van der Waals surface area (Å²) >= 11 is 6.17. The molecular weight excluding hydrogens is 288 g/mol. The molecule has 1 aromatic carbocycles. The van der Waals surface area contributed by atoms with E-state index in [4.69, 9.17) is 16.3 Å². The van der Waals surface area contributed by atoms with E-state index in [0.29, 0.717) is 17.3 Å². The molecule has 0 aromatic heterocycles. The molecule has 0 aliphatic heterocycles. The van der Waals surface area contributed by atoms with Gasteiger partial charge in [-0.05, 0) is 38.5 Å². The molecule has 0 aliphatic rings. The second-order valence-electron chi connectivity index (χ2n) is 5.75. The summed E-state index contributed by atoms with van der Waals surface area (Å²) in [5.74, 6) is 0.300. The highest BCUT2D eigenvalue weighted by molar-refractivity contribution is 6.32. The lowest BCUT2D eigenvalue weighted by atomic mass is 10.1. The molecule has 0 aliphatic carbocycles. The van der Waals surface area contributed by atoms with Gasteiger partial charge in [-0.3, -0.25) is 4.79 Å². The SMILES string of the molecule is C=CCNC(=O)COc1ccc(CNC(C)(C)C)cc1Cl. The van der Waals surface area contributed by atoms with Crippen molar-refractivity contribution in [3.63, 3.8) is 0 Å². The maximum absolute atomic E-state index is 11.4. The average molecular weight is 311 g/mol. The Labute approximate surface area is 131 Å². The Bertz CT molecular complexity index is 496. The summed E-state index contributed by atoms with van der Waals surface area (Å²) in [5, 5.41) is 6.52. The second kappa shape index (κ2) is 8.05. The molecule has 2 N–H and O–H groups in total. The standard InChI is InChI=1S/C16H23ClN2O2/c1-5-8-18-15(20)11-21-14-7-6-12(9-13(14)17)10-19-16(2,3)4/h5-7,9,19H,1,8,10-11H2,2-4H3,(H,18,20). The van der Waals surface area contributed by atoms with Crippen LogP contribution >= 0.6 is 11.6 Å². The first kappa shape index (κ1) is 17.5. The van der Waals surface area contributed by atoms with Gasteiger partial charge in [0, 0.05) is 18.6 Å². The van der Waals surface area contributed by atoms with Crippen molar-refractivity contribution in [2.24, 2.45) is 0 Å². The van der Waals surface area contributed by atoms with E-state index < -0.39 is 0 Å². The number of carbonyl (C=O) groups excluding carboxylic acids is 1. The van der Waals surface area contributed by atoms with E-state index in [9.17, 15) is 4.79 Å². The van der Waals surface area contributed by atoms with Crippen molar-refractivity contribution in [1.82, 2.24) is 10.6 Å². The van der Waals surface area contributed by atoms with Crippen molar-refractivity contribution < 1.29 is 9.53 Å². The zero-order valence-corrected chi connectivity index (χ0v) is 13.6. The van der Waals surface area contributed by atoms with Gasteiger partial charge in [-0.2, -0.15) is 0 Å². The van der Waals surface area contributed by atoms with Gasteiger partial charge in [-0.1, -0.05) is 23.7 Å². The Hall–Kier alpha value is -1.52. The molecule has 1 rings (SSSR count). The minimum absolute atomic E-state index is 0.0465. The third-order valence-corrected chi connectivity index (χ3v) is 2.92. The summed E-state index contributed by atoms with van der Waals surface area (Å²) < 4.78 is 5.40. The quantitative estimate of drug-likeness (QED) is 0.761. The molecule has 1 amide bonds. The lowest BCUT2D eigenvalue weighted by Crippen LogP contribution is -2.35. The molecule has 0 saturated carbocycles. The molecule has 0 saturated heterocycles. The van der Waals surface area contributed by atoms with Crippen molar-refractivity contribution in [2.45, 2.75) is 32.9 Å². The van der Waals surface area contributed by atoms with Crippen LogP contribution in [0.3, 0.4) is 0 Å². The predicted octanol–water partition coefficient (Wildman–Crippen LogP) is 2.91. The van der Waals surface area contributed by atoms with Gasteiger partial charge >= 0.3 is 0 Å². The molecule has 116 valence electrons. The normalized spacial score (nSPS) is 11.0. The highest BCUT2D eigenvalue weighted by Gasteiger charge is 2.10. The van der Waals surface area contributed by atoms with Gasteiger partial charge in [-0.15, -0.1) is 6.58 Å². The summed E-state index contributed by atoms with van der Waals surface area (Å²) in [5.41, 5.74) is 1.11. The first-order chi connectivity index (χ1) is 9.81. The van der Waals surface area contributed by atoms with Crippen molar-refractivity contribution >= 4 is 17.5 Å². The largest absolute Gasteiger partial charge is 0.482 e. The van der Waals surface area contributed by atoms with E-state index in [-0.39, 0.29) is 18.1 Å². The average Bonchev–Trinajstić information content (AvgIpc) is 2.41. The summed E-state index contributed by atoms with van der Waals surface area (Å²) in [7, 11) is 0. The van der Waals surface area contributed by atoms with E-state index in [1.54, 1.807) is 12.1 Å². The molecule has 0 bridgehead atoms. The zero-order chi connectivity index (χ0) is 15.9. The van der Waals surface area contributed by atoms with E-state index in [0.717, 1.165) is 12.1 Å². The van der Waals surface area contributed by atoms with Crippen LogP contribution in [0.2, 0.25) is 5.02 Å². The fraction of sp³-hybridized carbons (Fsp3) is 0.438. The van der Waals surface area contributed by atoms with Crippen LogP contribution in [0.15, 0.2) is 30.9 Å². The summed E-state index contributed by atoms with van der Waals surface area (Å²) in [4.78, 5) is 11.4. The molecule has 5 heteroatoms. The maximum Gasteiger partial charge on any atom is 0.258 e. The summed E-state index contributed by atoms with van der Waals surface area (Å²) in [6.07, 6.45) is 1.61. The lowest BCUT2D eigenvalue weighted by Gasteiger charge is -2.20. The smallest absolute Gasteiger partial charge is 0.258 e. The number of amides is 1. The monoisotopic (exact) mass is 310 g/mol. The number of nitrogens with one attached hydrogen (secondary N) is 2. The van der Waals surface area contributed by atoms with Gasteiger partial charge in [0.25, 0.3) is 5.91 Å².